The highest BCUT2D eigenvalue weighted by atomic mass is 35.5. The van der Waals surface area contributed by atoms with E-state index < -0.39 is 5.92 Å². The number of nitrogens with zero attached hydrogens (tertiary/aromatic N) is 1. The number of carbonyl (C=O) groups is 2. The lowest BCUT2D eigenvalue weighted by Crippen LogP contribution is -2.37. The van der Waals surface area contributed by atoms with Gasteiger partial charge in [0.25, 0.3) is 0 Å². The Labute approximate surface area is 195 Å². The maximum atomic E-state index is 13.1. The molecule has 1 aliphatic carbocycles. The van der Waals surface area contributed by atoms with Crippen LogP contribution in [0.25, 0.3) is 0 Å². The number of nitrogens with one attached hydrogen (secondary N) is 2. The molecule has 1 atom stereocenters. The monoisotopic (exact) mass is 467 g/mol. The molecule has 0 saturated carbocycles. The molecule has 8 heteroatoms. The normalized spacial score (nSPS) is 19.8. The van der Waals surface area contributed by atoms with E-state index in [-0.39, 0.29) is 22.9 Å². The number of halogens is 1. The van der Waals surface area contributed by atoms with Crippen molar-refractivity contribution in [3.05, 3.63) is 75.3 Å². The van der Waals surface area contributed by atoms with Crippen LogP contribution in [-0.2, 0) is 9.59 Å². The minimum Gasteiger partial charge on any atom is -0.468 e. The number of furan rings is 1. The zero-order chi connectivity index (χ0) is 22.9. The summed E-state index contributed by atoms with van der Waals surface area (Å²) < 4.78 is 5.62. The molecule has 1 aromatic carbocycles. The molecule has 2 heterocycles. The molecule has 32 heavy (non-hydrogen) atoms. The number of para-hydroxylation sites is 1. The number of benzene rings is 1. The number of allylic oxidation sites excluding steroid dienone is 3. The van der Waals surface area contributed by atoms with Gasteiger partial charge in [0, 0.05) is 17.7 Å². The number of nitriles is 1. The van der Waals surface area contributed by atoms with E-state index >= 15 is 0 Å². The Morgan fingerprint density at radius 1 is 1.31 bits per heavy atom. The largest absolute Gasteiger partial charge is 0.468 e. The van der Waals surface area contributed by atoms with Crippen molar-refractivity contribution in [1.29, 1.82) is 5.26 Å². The highest BCUT2D eigenvalue weighted by Crippen LogP contribution is 2.47. The van der Waals surface area contributed by atoms with Crippen molar-refractivity contribution in [2.24, 2.45) is 5.41 Å². The van der Waals surface area contributed by atoms with Gasteiger partial charge in [0.05, 0.1) is 45.3 Å². The summed E-state index contributed by atoms with van der Waals surface area (Å²) in [6.07, 6.45) is 2.61. The Balaban J connectivity index is 1.62. The van der Waals surface area contributed by atoms with Gasteiger partial charge in [-0.05, 0) is 36.1 Å². The Morgan fingerprint density at radius 2 is 2.09 bits per heavy atom. The van der Waals surface area contributed by atoms with E-state index in [1.54, 1.807) is 36.4 Å². The minimum absolute atomic E-state index is 0.0124. The predicted molar refractivity (Wildman–Crippen MR) is 125 cm³/mol. The van der Waals surface area contributed by atoms with E-state index in [2.05, 4.69) is 16.7 Å². The van der Waals surface area contributed by atoms with Gasteiger partial charge in [-0.3, -0.25) is 9.59 Å². The van der Waals surface area contributed by atoms with Crippen molar-refractivity contribution in [2.45, 2.75) is 32.6 Å². The van der Waals surface area contributed by atoms with Gasteiger partial charge >= 0.3 is 0 Å². The van der Waals surface area contributed by atoms with Crippen LogP contribution < -0.4 is 10.6 Å². The summed E-state index contributed by atoms with van der Waals surface area (Å²) in [7, 11) is 0. The number of thioether (sulfide) groups is 1. The highest BCUT2D eigenvalue weighted by Gasteiger charge is 2.42. The summed E-state index contributed by atoms with van der Waals surface area (Å²) >= 11 is 7.35. The number of rotatable bonds is 5. The van der Waals surface area contributed by atoms with Crippen LogP contribution in [0.3, 0.4) is 0 Å². The molecule has 4 rings (SSSR count). The molecular formula is C24H22ClN3O3S. The van der Waals surface area contributed by atoms with Crippen molar-refractivity contribution in [3.63, 3.8) is 0 Å². The molecular weight excluding hydrogens is 446 g/mol. The molecule has 2 aliphatic rings. The van der Waals surface area contributed by atoms with E-state index in [0.29, 0.717) is 45.5 Å². The fourth-order valence-corrected chi connectivity index (χ4v) is 5.16. The molecule has 0 spiro atoms. The van der Waals surface area contributed by atoms with Crippen LogP contribution in [0.2, 0.25) is 5.02 Å². The molecule has 2 N–H and O–H groups in total. The number of hydrogen-bond acceptors (Lipinski definition) is 6. The van der Waals surface area contributed by atoms with Gasteiger partial charge in [0.15, 0.2) is 5.78 Å². The predicted octanol–water partition coefficient (Wildman–Crippen LogP) is 5.37. The van der Waals surface area contributed by atoms with Crippen LogP contribution in [0.4, 0.5) is 5.69 Å². The van der Waals surface area contributed by atoms with Gasteiger partial charge < -0.3 is 15.1 Å². The molecule has 0 saturated heterocycles. The molecule has 0 fully saturated rings. The molecule has 164 valence electrons. The van der Waals surface area contributed by atoms with Crippen molar-refractivity contribution in [2.75, 3.05) is 11.1 Å². The second-order valence-corrected chi connectivity index (χ2v) is 9.97. The summed E-state index contributed by atoms with van der Waals surface area (Å²) in [4.78, 5) is 25.6. The van der Waals surface area contributed by atoms with E-state index in [1.807, 2.05) is 13.8 Å². The summed E-state index contributed by atoms with van der Waals surface area (Å²) in [5.41, 5.74) is 2.09. The van der Waals surface area contributed by atoms with Crippen molar-refractivity contribution in [3.8, 4) is 6.07 Å². The van der Waals surface area contributed by atoms with Gasteiger partial charge in [-0.25, -0.2) is 0 Å². The van der Waals surface area contributed by atoms with Crippen LogP contribution >= 0.6 is 23.4 Å². The molecule has 6 nitrogen and oxygen atoms in total. The molecule has 0 bridgehead atoms. The van der Waals surface area contributed by atoms with Gasteiger partial charge in [-0.2, -0.15) is 5.26 Å². The van der Waals surface area contributed by atoms with E-state index in [4.69, 9.17) is 16.0 Å². The van der Waals surface area contributed by atoms with E-state index in [9.17, 15) is 14.9 Å². The van der Waals surface area contributed by atoms with Crippen LogP contribution in [-0.4, -0.2) is 17.4 Å². The molecule has 1 aliphatic heterocycles. The van der Waals surface area contributed by atoms with Crippen LogP contribution in [0.1, 0.15) is 38.4 Å². The van der Waals surface area contributed by atoms with Crippen LogP contribution in [0.5, 0.6) is 0 Å². The van der Waals surface area contributed by atoms with Gasteiger partial charge in [-0.1, -0.05) is 49.3 Å². The first kappa shape index (κ1) is 22.3. The topological polar surface area (TPSA) is 95.1 Å². The number of dihydropyridines is 1. The first-order chi connectivity index (χ1) is 15.3. The van der Waals surface area contributed by atoms with E-state index in [0.717, 1.165) is 5.70 Å². The molecule has 0 radical (unpaired) electrons. The number of carbonyl (C=O) groups excluding carboxylic acids is 2. The average Bonchev–Trinajstić information content (AvgIpc) is 3.26. The smallest absolute Gasteiger partial charge is 0.234 e. The fraction of sp³-hybridized carbons (Fsp3) is 0.292. The average molecular weight is 468 g/mol. The third kappa shape index (κ3) is 4.47. The standard InChI is InChI=1S/C24H22ClN3O3S/c1-24(2)10-17-22(18(29)11-24)21(19-8-5-9-31-19)14(12-26)23(28-17)32-13-20(30)27-16-7-4-3-6-15(16)25/h3-9,21,28H,10-11,13H2,1-2H3,(H,27,30)/t21-/m1/s1. The molecule has 0 unspecified atom stereocenters. The molecule has 1 amide bonds. The van der Waals surface area contributed by atoms with Crippen molar-refractivity contribution >= 4 is 40.7 Å². The summed E-state index contributed by atoms with van der Waals surface area (Å²) in [6, 6.07) is 12.8. The zero-order valence-electron chi connectivity index (χ0n) is 17.7. The van der Waals surface area contributed by atoms with Gasteiger partial charge in [0.1, 0.15) is 5.76 Å². The second-order valence-electron chi connectivity index (χ2n) is 8.58. The number of hydrogen-bond donors (Lipinski definition) is 2. The van der Waals surface area contributed by atoms with E-state index in [1.165, 1.54) is 18.0 Å². The maximum Gasteiger partial charge on any atom is 0.234 e. The minimum atomic E-state index is -0.580. The SMILES string of the molecule is CC1(C)CC(=O)C2=C(C1)NC(SCC(=O)Nc1ccccc1Cl)=C(C#N)[C@@H]2c1ccco1. The summed E-state index contributed by atoms with van der Waals surface area (Å²) in [5, 5.41) is 17.1. The summed E-state index contributed by atoms with van der Waals surface area (Å²) in [5.74, 6) is -0.197. The number of anilines is 1. The van der Waals surface area contributed by atoms with Crippen molar-refractivity contribution < 1.29 is 14.0 Å². The Morgan fingerprint density at radius 3 is 2.78 bits per heavy atom. The lowest BCUT2D eigenvalue weighted by atomic mass is 9.70. The molecule has 1 aromatic heterocycles. The Hall–Kier alpha value is -2.95. The Kier molecular flexibility index (Phi) is 6.18. The third-order valence-electron chi connectivity index (χ3n) is 5.45. The third-order valence-corrected chi connectivity index (χ3v) is 6.80. The molecule has 2 aromatic rings. The van der Waals surface area contributed by atoms with Crippen LogP contribution in [0.15, 0.2) is 69.0 Å². The summed E-state index contributed by atoms with van der Waals surface area (Å²) in [6.45, 7) is 4.09. The quantitative estimate of drug-likeness (QED) is 0.613. The van der Waals surface area contributed by atoms with Crippen LogP contribution in [0, 0.1) is 16.7 Å². The van der Waals surface area contributed by atoms with Gasteiger partial charge in [-0.15, -0.1) is 0 Å². The first-order valence-corrected chi connectivity index (χ1v) is 11.5. The first-order valence-electron chi connectivity index (χ1n) is 10.2. The van der Waals surface area contributed by atoms with Gasteiger partial charge in [0.2, 0.25) is 5.91 Å². The Bertz CT molecular complexity index is 1180. The zero-order valence-corrected chi connectivity index (χ0v) is 19.3. The number of amides is 1. The second kappa shape index (κ2) is 8.89. The number of ketones is 1. The lowest BCUT2D eigenvalue weighted by molar-refractivity contribution is -0.118. The fourth-order valence-electron chi connectivity index (χ4n) is 4.12. The lowest BCUT2D eigenvalue weighted by Gasteiger charge is -2.38. The maximum absolute atomic E-state index is 13.1. The highest BCUT2D eigenvalue weighted by molar-refractivity contribution is 8.03. The van der Waals surface area contributed by atoms with Crippen molar-refractivity contribution in [1.82, 2.24) is 5.32 Å². The number of Topliss-reactive ketones (excluding diaryl/α,β-unsaturated/α-hetero) is 1.